The summed E-state index contributed by atoms with van der Waals surface area (Å²) >= 11 is 0. The molecule has 1 aliphatic carbocycles. The van der Waals surface area contributed by atoms with Crippen LogP contribution in [0.25, 0.3) is 0 Å². The molecule has 0 bridgehead atoms. The minimum Gasteiger partial charge on any atom is -0.493 e. The van der Waals surface area contributed by atoms with Gasteiger partial charge in [0.25, 0.3) is 0 Å². The molecule has 2 aromatic carbocycles. The number of amides is 2. The van der Waals surface area contributed by atoms with Crippen molar-refractivity contribution in [2.24, 2.45) is 5.92 Å². The number of anilines is 2. The van der Waals surface area contributed by atoms with Crippen LogP contribution < -0.4 is 19.7 Å². The average Bonchev–Trinajstić information content (AvgIpc) is 3.13. The lowest BCUT2D eigenvalue weighted by atomic mass is 9.68. The zero-order valence-electron chi connectivity index (χ0n) is 28.9. The van der Waals surface area contributed by atoms with E-state index in [-0.39, 0.29) is 17.7 Å². The summed E-state index contributed by atoms with van der Waals surface area (Å²) in [6.45, 7) is 5.07. The van der Waals surface area contributed by atoms with Gasteiger partial charge in [-0.05, 0) is 81.1 Å². The predicted molar refractivity (Wildman–Crippen MR) is 189 cm³/mol. The first kappa shape index (κ1) is 33.6. The molecule has 0 atom stereocenters. The van der Waals surface area contributed by atoms with Crippen molar-refractivity contribution >= 4 is 23.3 Å². The molecule has 1 spiro atoms. The Labute approximate surface area is 285 Å². The summed E-state index contributed by atoms with van der Waals surface area (Å²) < 4.78 is 11.4. The van der Waals surface area contributed by atoms with Gasteiger partial charge in [-0.2, -0.15) is 0 Å². The third-order valence-electron chi connectivity index (χ3n) is 10.5. The van der Waals surface area contributed by atoms with Gasteiger partial charge < -0.3 is 34.4 Å². The average molecular weight is 655 g/mol. The van der Waals surface area contributed by atoms with Crippen LogP contribution in [-0.4, -0.2) is 99.1 Å². The summed E-state index contributed by atoms with van der Waals surface area (Å²) in [6.07, 6.45) is 6.13. The highest BCUT2D eigenvalue weighted by Gasteiger charge is 2.48. The zero-order valence-corrected chi connectivity index (χ0v) is 28.9. The van der Waals surface area contributed by atoms with Crippen LogP contribution in [0.2, 0.25) is 0 Å². The molecule has 1 saturated carbocycles. The van der Waals surface area contributed by atoms with Crippen LogP contribution in [0, 0.1) is 5.92 Å². The Kier molecular flexibility index (Phi) is 10.4. The van der Waals surface area contributed by atoms with E-state index in [1.807, 2.05) is 44.6 Å². The molecule has 2 amide bonds. The molecule has 0 radical (unpaired) electrons. The summed E-state index contributed by atoms with van der Waals surface area (Å²) in [7, 11) is 7.32. The van der Waals surface area contributed by atoms with Crippen LogP contribution in [0.5, 0.6) is 11.5 Å². The number of ether oxygens (including phenoxy) is 2. The van der Waals surface area contributed by atoms with E-state index in [9.17, 15) is 9.59 Å². The number of carbonyl (C=O) groups excluding carboxylic acids is 2. The van der Waals surface area contributed by atoms with Crippen molar-refractivity contribution in [2.45, 2.75) is 50.6 Å². The van der Waals surface area contributed by atoms with Crippen molar-refractivity contribution in [1.29, 1.82) is 0 Å². The minimum absolute atomic E-state index is 0.0406. The number of fused-ring (bicyclic) bond motifs is 2. The third-order valence-corrected chi connectivity index (χ3v) is 10.5. The molecule has 2 fully saturated rings. The van der Waals surface area contributed by atoms with Crippen LogP contribution in [0.15, 0.2) is 60.8 Å². The molecule has 48 heavy (non-hydrogen) atoms. The third kappa shape index (κ3) is 7.09. The molecule has 3 aliphatic rings. The lowest BCUT2D eigenvalue weighted by Gasteiger charge is -2.52. The van der Waals surface area contributed by atoms with Gasteiger partial charge >= 0.3 is 0 Å². The highest BCUT2D eigenvalue weighted by molar-refractivity contribution is 5.80. The van der Waals surface area contributed by atoms with Gasteiger partial charge in [0, 0.05) is 76.1 Å². The summed E-state index contributed by atoms with van der Waals surface area (Å²) in [5, 5.41) is 3.43. The van der Waals surface area contributed by atoms with Crippen molar-refractivity contribution in [3.63, 3.8) is 0 Å². The van der Waals surface area contributed by atoms with Crippen LogP contribution in [-0.2, 0) is 28.1 Å². The fraction of sp³-hybridized carbons (Fsp3) is 0.500. The number of pyridine rings is 1. The molecule has 256 valence electrons. The maximum Gasteiger partial charge on any atom is 0.225 e. The Morgan fingerprint density at radius 2 is 1.65 bits per heavy atom. The second kappa shape index (κ2) is 14.8. The maximum atomic E-state index is 13.9. The monoisotopic (exact) mass is 654 g/mol. The van der Waals surface area contributed by atoms with Crippen molar-refractivity contribution in [2.75, 3.05) is 77.8 Å². The van der Waals surface area contributed by atoms with Gasteiger partial charge in [0.05, 0.1) is 19.8 Å². The van der Waals surface area contributed by atoms with E-state index in [4.69, 9.17) is 9.47 Å². The predicted octanol–water partition coefficient (Wildman–Crippen LogP) is 4.78. The van der Waals surface area contributed by atoms with E-state index in [1.54, 1.807) is 14.2 Å². The topological polar surface area (TPSA) is 90.5 Å². The van der Waals surface area contributed by atoms with Gasteiger partial charge in [-0.25, -0.2) is 4.98 Å². The molecule has 0 unspecified atom stereocenters. The van der Waals surface area contributed by atoms with Gasteiger partial charge in [0.1, 0.15) is 5.82 Å². The highest BCUT2D eigenvalue weighted by atomic mass is 16.5. The maximum absolute atomic E-state index is 13.9. The zero-order chi connectivity index (χ0) is 33.7. The van der Waals surface area contributed by atoms with Crippen molar-refractivity contribution in [3.05, 3.63) is 77.5 Å². The molecule has 2 aliphatic heterocycles. The Morgan fingerprint density at radius 3 is 2.33 bits per heavy atom. The van der Waals surface area contributed by atoms with Crippen molar-refractivity contribution in [1.82, 2.24) is 19.7 Å². The number of nitrogens with zero attached hydrogens (tertiary/aromatic N) is 5. The molecule has 3 aromatic rings. The van der Waals surface area contributed by atoms with Crippen molar-refractivity contribution in [3.8, 4) is 11.5 Å². The lowest BCUT2D eigenvalue weighted by Crippen LogP contribution is -2.56. The molecule has 10 nitrogen and oxygen atoms in total. The van der Waals surface area contributed by atoms with Gasteiger partial charge in [-0.15, -0.1) is 0 Å². The number of hydrogen-bond acceptors (Lipinski definition) is 8. The number of nitrogens with one attached hydrogen (secondary N) is 1. The lowest BCUT2D eigenvalue weighted by molar-refractivity contribution is -0.144. The van der Waals surface area contributed by atoms with Crippen LogP contribution >= 0.6 is 0 Å². The van der Waals surface area contributed by atoms with Gasteiger partial charge in [0.15, 0.2) is 11.5 Å². The molecular formula is C38H50N6O4. The first-order chi connectivity index (χ1) is 23.3. The van der Waals surface area contributed by atoms with Gasteiger partial charge in [-0.3, -0.25) is 9.59 Å². The fourth-order valence-electron chi connectivity index (χ4n) is 7.80. The number of methoxy groups -OCH3 is 2. The largest absolute Gasteiger partial charge is 0.493 e. The van der Waals surface area contributed by atoms with Gasteiger partial charge in [-0.1, -0.05) is 30.3 Å². The second-order valence-electron chi connectivity index (χ2n) is 13.6. The smallest absolute Gasteiger partial charge is 0.225 e. The van der Waals surface area contributed by atoms with Crippen LogP contribution in [0.4, 0.5) is 11.5 Å². The number of piperazine rings is 1. The number of hydrogen-bond donors (Lipinski definition) is 1. The Hall–Kier alpha value is -4.31. The van der Waals surface area contributed by atoms with E-state index >= 15 is 0 Å². The molecule has 1 N–H and O–H groups in total. The molecule has 10 heteroatoms. The Morgan fingerprint density at radius 1 is 0.938 bits per heavy atom. The first-order valence-electron chi connectivity index (χ1n) is 17.3. The number of rotatable bonds is 10. The van der Waals surface area contributed by atoms with E-state index in [0.717, 1.165) is 68.8 Å². The van der Waals surface area contributed by atoms with E-state index < -0.39 is 5.54 Å². The Bertz CT molecular complexity index is 1560. The Balaban J connectivity index is 1.11. The van der Waals surface area contributed by atoms with Gasteiger partial charge in [0.2, 0.25) is 11.8 Å². The first-order valence-corrected chi connectivity index (χ1v) is 17.3. The SMILES string of the molecule is COc1cc2c(cc1OC)C1(CCC(C(=O)N3CCN(c4ccnc(NCc5ccccc5)c4)CC3)CC1)N(C(=O)CCN(C)C)CC2. The molecule has 1 saturated heterocycles. The van der Waals surface area contributed by atoms with Crippen LogP contribution in [0.1, 0.15) is 48.8 Å². The molecule has 1 aromatic heterocycles. The number of aromatic nitrogens is 1. The molecule has 3 heterocycles. The number of benzene rings is 2. The number of carbonyl (C=O) groups is 2. The fourth-order valence-corrected chi connectivity index (χ4v) is 7.80. The molecular weight excluding hydrogens is 604 g/mol. The van der Waals surface area contributed by atoms with E-state index in [1.165, 1.54) is 11.1 Å². The summed E-state index contributed by atoms with van der Waals surface area (Å²) in [4.78, 5) is 40.8. The summed E-state index contributed by atoms with van der Waals surface area (Å²) in [6, 6.07) is 18.6. The highest BCUT2D eigenvalue weighted by Crippen LogP contribution is 2.50. The van der Waals surface area contributed by atoms with E-state index in [0.29, 0.717) is 44.1 Å². The minimum atomic E-state index is -0.445. The van der Waals surface area contributed by atoms with E-state index in [2.05, 4.69) is 60.2 Å². The standard InChI is InChI=1S/C38H50N6O4/c1-41(2)18-14-36(45)44-19-13-30-24-33(47-3)34(48-4)26-32(30)38(44)15-10-29(11-16-38)37(46)43-22-20-42(21-23-43)31-12-17-39-35(25-31)40-27-28-8-6-5-7-9-28/h5-9,12,17,24-26,29H,10-11,13-16,18-23,27H2,1-4H3,(H,39,40). The van der Waals surface area contributed by atoms with Crippen molar-refractivity contribution < 1.29 is 19.1 Å². The second-order valence-corrected chi connectivity index (χ2v) is 13.6. The molecule has 6 rings (SSSR count). The quantitative estimate of drug-likeness (QED) is 0.334. The summed E-state index contributed by atoms with van der Waals surface area (Å²) in [5.41, 5.74) is 4.24. The van der Waals surface area contributed by atoms with Crippen LogP contribution in [0.3, 0.4) is 0 Å². The summed E-state index contributed by atoms with van der Waals surface area (Å²) in [5.74, 6) is 2.63. The normalized spacial score (nSPS) is 20.9.